The first-order valence-corrected chi connectivity index (χ1v) is 4.18. The number of hydrogen-bond acceptors (Lipinski definition) is 3. The fraction of sp³-hybridized carbons (Fsp3) is 0.429. The minimum atomic E-state index is 0.0130. The molecular formula is C7H10N2OS. The lowest BCUT2D eigenvalue weighted by atomic mass is 10.2. The number of carbonyl (C=O) groups is 1. The van der Waals surface area contributed by atoms with Gasteiger partial charge in [-0.25, -0.2) is 0 Å². The maximum Gasteiger partial charge on any atom is 0.225 e. The first-order chi connectivity index (χ1) is 5.24. The Morgan fingerprint density at radius 3 is 3.00 bits per heavy atom. The van der Waals surface area contributed by atoms with Crippen molar-refractivity contribution >= 4 is 17.4 Å². The number of nitrogens with zero attached hydrogens (tertiary/aromatic N) is 1. The van der Waals surface area contributed by atoms with Crippen molar-refractivity contribution in [2.45, 2.75) is 13.3 Å². The molecule has 1 aromatic heterocycles. The predicted molar refractivity (Wildman–Crippen MR) is 44.6 cm³/mol. The van der Waals surface area contributed by atoms with Crippen LogP contribution in [0.15, 0.2) is 5.38 Å². The van der Waals surface area contributed by atoms with Crippen molar-refractivity contribution in [3.8, 4) is 0 Å². The van der Waals surface area contributed by atoms with E-state index >= 15 is 0 Å². The van der Waals surface area contributed by atoms with E-state index < -0.39 is 0 Å². The topological polar surface area (TPSA) is 42.0 Å². The van der Waals surface area contributed by atoms with Gasteiger partial charge in [0.25, 0.3) is 0 Å². The summed E-state index contributed by atoms with van der Waals surface area (Å²) in [6.07, 6.45) is 0.395. The Bertz CT molecular complexity index is 257. The number of aromatic nitrogens is 1. The Morgan fingerprint density at radius 2 is 2.55 bits per heavy atom. The van der Waals surface area contributed by atoms with E-state index in [-0.39, 0.29) is 5.91 Å². The monoisotopic (exact) mass is 170 g/mol. The van der Waals surface area contributed by atoms with Crippen molar-refractivity contribution < 1.29 is 4.79 Å². The number of carbonyl (C=O) groups excluding carboxylic acids is 1. The molecule has 0 aliphatic heterocycles. The van der Waals surface area contributed by atoms with Gasteiger partial charge in [-0.15, -0.1) is 0 Å². The molecule has 0 unspecified atom stereocenters. The van der Waals surface area contributed by atoms with Crippen LogP contribution in [0.1, 0.15) is 11.3 Å². The van der Waals surface area contributed by atoms with E-state index in [0.29, 0.717) is 6.42 Å². The summed E-state index contributed by atoms with van der Waals surface area (Å²) < 4.78 is 4.08. The van der Waals surface area contributed by atoms with Crippen molar-refractivity contribution in [3.05, 3.63) is 16.6 Å². The summed E-state index contributed by atoms with van der Waals surface area (Å²) in [5.74, 6) is 0.0130. The van der Waals surface area contributed by atoms with Gasteiger partial charge in [0.15, 0.2) is 0 Å². The normalized spacial score (nSPS) is 9.64. The average molecular weight is 170 g/mol. The molecular weight excluding hydrogens is 160 g/mol. The van der Waals surface area contributed by atoms with Crippen molar-refractivity contribution in [1.29, 1.82) is 0 Å². The van der Waals surface area contributed by atoms with Gasteiger partial charge in [0.1, 0.15) is 0 Å². The minimum Gasteiger partial charge on any atom is -0.359 e. The molecule has 3 nitrogen and oxygen atoms in total. The first-order valence-electron chi connectivity index (χ1n) is 3.34. The zero-order chi connectivity index (χ0) is 8.27. The van der Waals surface area contributed by atoms with Gasteiger partial charge in [0, 0.05) is 12.4 Å². The molecule has 1 amide bonds. The van der Waals surface area contributed by atoms with E-state index in [1.165, 1.54) is 11.5 Å². The van der Waals surface area contributed by atoms with E-state index in [9.17, 15) is 4.79 Å². The third-order valence-electron chi connectivity index (χ3n) is 1.45. The number of hydrogen-bond donors (Lipinski definition) is 1. The van der Waals surface area contributed by atoms with Crippen LogP contribution >= 0.6 is 11.5 Å². The predicted octanol–water partition coefficient (Wildman–Crippen LogP) is 0.740. The molecule has 0 aliphatic rings. The summed E-state index contributed by atoms with van der Waals surface area (Å²) in [4.78, 5) is 10.9. The van der Waals surface area contributed by atoms with Crippen LogP contribution in [0.3, 0.4) is 0 Å². The zero-order valence-electron chi connectivity index (χ0n) is 6.55. The lowest BCUT2D eigenvalue weighted by Gasteiger charge is -1.95. The van der Waals surface area contributed by atoms with Gasteiger partial charge in [-0.05, 0) is 24.0 Å². The molecule has 1 rings (SSSR count). The Morgan fingerprint density at radius 1 is 1.82 bits per heavy atom. The second-order valence-electron chi connectivity index (χ2n) is 2.29. The van der Waals surface area contributed by atoms with E-state index in [0.717, 1.165) is 11.3 Å². The van der Waals surface area contributed by atoms with Crippen LogP contribution in [0.25, 0.3) is 0 Å². The van der Waals surface area contributed by atoms with Crippen LogP contribution in [0.2, 0.25) is 0 Å². The van der Waals surface area contributed by atoms with Crippen LogP contribution in [0, 0.1) is 6.92 Å². The third-order valence-corrected chi connectivity index (χ3v) is 2.24. The molecule has 60 valence electrons. The quantitative estimate of drug-likeness (QED) is 0.711. The lowest BCUT2D eigenvalue weighted by molar-refractivity contribution is -0.120. The van der Waals surface area contributed by atoms with Gasteiger partial charge in [0.2, 0.25) is 5.91 Å². The summed E-state index contributed by atoms with van der Waals surface area (Å²) in [7, 11) is 1.63. The fourth-order valence-electron chi connectivity index (χ4n) is 0.721. The van der Waals surface area contributed by atoms with Crippen LogP contribution in [0.5, 0.6) is 0 Å². The molecule has 0 radical (unpaired) electrons. The second kappa shape index (κ2) is 3.48. The molecule has 1 N–H and O–H groups in total. The molecule has 0 aromatic carbocycles. The molecule has 0 fully saturated rings. The maximum atomic E-state index is 10.9. The first kappa shape index (κ1) is 8.20. The van der Waals surface area contributed by atoms with E-state index in [1.54, 1.807) is 7.05 Å². The van der Waals surface area contributed by atoms with Crippen LogP contribution in [-0.2, 0) is 11.2 Å². The highest BCUT2D eigenvalue weighted by Crippen LogP contribution is 2.08. The molecule has 4 heteroatoms. The van der Waals surface area contributed by atoms with Gasteiger partial charge < -0.3 is 5.32 Å². The van der Waals surface area contributed by atoms with Gasteiger partial charge in [0.05, 0.1) is 12.1 Å². The summed E-state index contributed by atoms with van der Waals surface area (Å²) in [5, 5.41) is 4.50. The second-order valence-corrected chi connectivity index (χ2v) is 2.92. The van der Waals surface area contributed by atoms with Crippen molar-refractivity contribution in [2.24, 2.45) is 0 Å². The molecule has 1 heterocycles. The molecule has 0 aliphatic carbocycles. The van der Waals surface area contributed by atoms with Gasteiger partial charge in [-0.1, -0.05) is 0 Å². The molecule has 0 atom stereocenters. The SMILES string of the molecule is CNC(=O)Cc1nscc1C. The largest absolute Gasteiger partial charge is 0.359 e. The number of likely N-dealkylation sites (N-methyl/N-ethyl adjacent to an activating group) is 1. The lowest BCUT2D eigenvalue weighted by Crippen LogP contribution is -2.20. The molecule has 0 bridgehead atoms. The standard InChI is InChI=1S/C7H10N2OS/c1-5-4-11-9-6(5)3-7(10)8-2/h4H,3H2,1-2H3,(H,8,10). The highest BCUT2D eigenvalue weighted by molar-refractivity contribution is 7.03. The highest BCUT2D eigenvalue weighted by atomic mass is 32.1. The Hall–Kier alpha value is -0.900. The van der Waals surface area contributed by atoms with Crippen LogP contribution < -0.4 is 5.32 Å². The summed E-state index contributed by atoms with van der Waals surface area (Å²) >= 11 is 1.39. The number of rotatable bonds is 2. The van der Waals surface area contributed by atoms with Crippen molar-refractivity contribution in [3.63, 3.8) is 0 Å². The van der Waals surface area contributed by atoms with E-state index in [4.69, 9.17) is 0 Å². The van der Waals surface area contributed by atoms with Crippen LogP contribution in [0.4, 0.5) is 0 Å². The smallest absolute Gasteiger partial charge is 0.225 e. The summed E-state index contributed by atoms with van der Waals surface area (Å²) in [6, 6.07) is 0. The zero-order valence-corrected chi connectivity index (χ0v) is 7.36. The van der Waals surface area contributed by atoms with Crippen LogP contribution in [-0.4, -0.2) is 17.3 Å². The Labute approximate surface area is 69.6 Å². The Kier molecular flexibility index (Phi) is 2.59. The number of amides is 1. The third kappa shape index (κ3) is 2.01. The van der Waals surface area contributed by atoms with Gasteiger partial charge in [-0.3, -0.25) is 4.79 Å². The average Bonchev–Trinajstić information content (AvgIpc) is 2.37. The van der Waals surface area contributed by atoms with E-state index in [2.05, 4.69) is 9.69 Å². The van der Waals surface area contributed by atoms with E-state index in [1.807, 2.05) is 12.3 Å². The van der Waals surface area contributed by atoms with Gasteiger partial charge >= 0.3 is 0 Å². The molecule has 0 spiro atoms. The van der Waals surface area contributed by atoms with Gasteiger partial charge in [-0.2, -0.15) is 4.37 Å². The molecule has 1 aromatic rings. The minimum absolute atomic E-state index is 0.0130. The van der Waals surface area contributed by atoms with Crippen molar-refractivity contribution in [2.75, 3.05) is 7.05 Å². The number of aryl methyl sites for hydroxylation is 1. The Balaban J connectivity index is 2.64. The highest BCUT2D eigenvalue weighted by Gasteiger charge is 2.05. The number of nitrogens with one attached hydrogen (secondary N) is 1. The summed E-state index contributed by atoms with van der Waals surface area (Å²) in [6.45, 7) is 1.96. The van der Waals surface area contributed by atoms with Crippen molar-refractivity contribution in [1.82, 2.24) is 9.69 Å². The fourth-order valence-corrected chi connectivity index (χ4v) is 1.40. The molecule has 0 saturated heterocycles. The molecule has 0 saturated carbocycles. The maximum absolute atomic E-state index is 10.9. The summed E-state index contributed by atoms with van der Waals surface area (Å²) in [5.41, 5.74) is 1.98. The molecule has 11 heavy (non-hydrogen) atoms.